The number of halogens is 2. The number of hydrogen-bond donors (Lipinski definition) is 1. The van der Waals surface area contributed by atoms with Gasteiger partial charge in [-0.2, -0.15) is 0 Å². The van der Waals surface area contributed by atoms with Crippen LogP contribution in [0.25, 0.3) is 0 Å². The molecule has 0 bridgehead atoms. The van der Waals surface area contributed by atoms with Gasteiger partial charge in [-0.1, -0.05) is 24.6 Å². The molecule has 0 aliphatic carbocycles. The van der Waals surface area contributed by atoms with Gasteiger partial charge >= 0.3 is 0 Å². The van der Waals surface area contributed by atoms with Gasteiger partial charge in [-0.25, -0.2) is 14.4 Å². The molecule has 0 spiro atoms. The summed E-state index contributed by atoms with van der Waals surface area (Å²) in [6.45, 7) is 2.92. The fraction of sp³-hybridized carbons (Fsp3) is 0.333. The number of nitrogens with zero attached hydrogens (tertiary/aromatic N) is 2. The topological polar surface area (TPSA) is 37.8 Å². The molecule has 1 unspecified atom stereocenters. The van der Waals surface area contributed by atoms with E-state index in [2.05, 4.69) is 22.2 Å². The number of nitrogens with one attached hydrogen (secondary N) is 1. The Bertz CT molecular complexity index is 528. The highest BCUT2D eigenvalue weighted by atomic mass is 35.5. The normalized spacial score (nSPS) is 12.3. The van der Waals surface area contributed by atoms with E-state index in [0.717, 1.165) is 18.7 Å². The Morgan fingerprint density at radius 2 is 2.20 bits per heavy atom. The number of benzene rings is 1. The van der Waals surface area contributed by atoms with Gasteiger partial charge in [0.1, 0.15) is 12.1 Å². The Hall–Kier alpha value is -1.52. The number of rotatable bonds is 6. The second-order valence-corrected chi connectivity index (χ2v) is 4.95. The number of aromatic nitrogens is 2. The molecular formula is C15H17ClFN3. The fourth-order valence-corrected chi connectivity index (χ4v) is 2.28. The number of hydrogen-bond acceptors (Lipinski definition) is 3. The van der Waals surface area contributed by atoms with Crippen molar-refractivity contribution in [3.05, 3.63) is 58.9 Å². The Morgan fingerprint density at radius 1 is 1.35 bits per heavy atom. The predicted octanol–water partition coefficient (Wildman–Crippen LogP) is 3.55. The van der Waals surface area contributed by atoms with E-state index < -0.39 is 0 Å². The van der Waals surface area contributed by atoms with Gasteiger partial charge in [-0.3, -0.25) is 0 Å². The third-order valence-corrected chi connectivity index (χ3v) is 3.43. The van der Waals surface area contributed by atoms with E-state index in [-0.39, 0.29) is 11.9 Å². The van der Waals surface area contributed by atoms with Crippen LogP contribution in [-0.2, 0) is 6.42 Å². The molecule has 1 aromatic carbocycles. The van der Waals surface area contributed by atoms with Crippen LogP contribution in [0, 0.1) is 5.82 Å². The van der Waals surface area contributed by atoms with Crippen LogP contribution in [0.5, 0.6) is 0 Å². The molecule has 0 saturated heterocycles. The van der Waals surface area contributed by atoms with E-state index in [1.165, 1.54) is 12.4 Å². The highest BCUT2D eigenvalue weighted by Crippen LogP contribution is 2.24. The summed E-state index contributed by atoms with van der Waals surface area (Å²) < 4.78 is 13.9. The van der Waals surface area contributed by atoms with Gasteiger partial charge in [0.05, 0.1) is 11.7 Å². The van der Waals surface area contributed by atoms with Crippen molar-refractivity contribution < 1.29 is 4.39 Å². The van der Waals surface area contributed by atoms with Crippen LogP contribution >= 0.6 is 11.6 Å². The van der Waals surface area contributed by atoms with E-state index >= 15 is 0 Å². The summed E-state index contributed by atoms with van der Waals surface area (Å²) in [6, 6.07) is 6.50. The first-order valence-corrected chi connectivity index (χ1v) is 7.02. The van der Waals surface area contributed by atoms with Crippen molar-refractivity contribution in [2.75, 3.05) is 6.54 Å². The molecule has 3 nitrogen and oxygen atoms in total. The minimum Gasteiger partial charge on any atom is -0.308 e. The van der Waals surface area contributed by atoms with Crippen LogP contribution in [0.3, 0.4) is 0 Å². The minimum absolute atomic E-state index is 0.0765. The van der Waals surface area contributed by atoms with Gasteiger partial charge in [-0.15, -0.1) is 0 Å². The lowest BCUT2D eigenvalue weighted by Gasteiger charge is -2.19. The smallest absolute Gasteiger partial charge is 0.127 e. The molecule has 0 aliphatic rings. The quantitative estimate of drug-likeness (QED) is 0.885. The molecular weight excluding hydrogens is 277 g/mol. The predicted molar refractivity (Wildman–Crippen MR) is 78.2 cm³/mol. The van der Waals surface area contributed by atoms with Crippen LogP contribution in [0.15, 0.2) is 36.8 Å². The van der Waals surface area contributed by atoms with Crippen molar-refractivity contribution in [2.24, 2.45) is 0 Å². The highest BCUT2D eigenvalue weighted by Gasteiger charge is 2.17. The van der Waals surface area contributed by atoms with Gasteiger partial charge in [0.15, 0.2) is 0 Å². The Morgan fingerprint density at radius 3 is 2.85 bits per heavy atom. The Balaban J connectivity index is 2.24. The Labute approximate surface area is 123 Å². The first-order chi connectivity index (χ1) is 9.72. The molecule has 1 aromatic heterocycles. The third kappa shape index (κ3) is 3.74. The second kappa shape index (κ2) is 7.31. The Kier molecular flexibility index (Phi) is 5.44. The third-order valence-electron chi connectivity index (χ3n) is 3.07. The van der Waals surface area contributed by atoms with Gasteiger partial charge in [-0.05, 0) is 37.6 Å². The van der Waals surface area contributed by atoms with Crippen LogP contribution in [0.4, 0.5) is 4.39 Å². The molecule has 1 N–H and O–H groups in total. The molecule has 2 aromatic rings. The van der Waals surface area contributed by atoms with E-state index in [9.17, 15) is 4.39 Å². The van der Waals surface area contributed by atoms with E-state index in [1.807, 2.05) is 6.07 Å². The monoisotopic (exact) mass is 293 g/mol. The van der Waals surface area contributed by atoms with Gasteiger partial charge in [0.2, 0.25) is 0 Å². The summed E-state index contributed by atoms with van der Waals surface area (Å²) in [4.78, 5) is 8.16. The average molecular weight is 294 g/mol. The standard InChI is InChI=1S/C15H17ClFN3/c1-2-7-19-15(14-6-8-18-10-20-14)9-11-12(16)4-3-5-13(11)17/h3-6,8,10,15,19H,2,7,9H2,1H3. The van der Waals surface area contributed by atoms with Crippen LogP contribution < -0.4 is 5.32 Å². The lowest BCUT2D eigenvalue weighted by molar-refractivity contribution is 0.502. The van der Waals surface area contributed by atoms with Gasteiger partial charge in [0.25, 0.3) is 0 Å². The maximum absolute atomic E-state index is 13.9. The molecule has 106 valence electrons. The minimum atomic E-state index is -0.283. The van der Waals surface area contributed by atoms with Crippen molar-refractivity contribution in [1.82, 2.24) is 15.3 Å². The summed E-state index contributed by atoms with van der Waals surface area (Å²) >= 11 is 6.09. The van der Waals surface area contributed by atoms with Crippen molar-refractivity contribution in [1.29, 1.82) is 0 Å². The van der Waals surface area contributed by atoms with E-state index in [1.54, 1.807) is 18.3 Å². The molecule has 2 rings (SSSR count). The lowest BCUT2D eigenvalue weighted by Crippen LogP contribution is -2.25. The van der Waals surface area contributed by atoms with Gasteiger partial charge in [0, 0.05) is 16.8 Å². The average Bonchev–Trinajstić information content (AvgIpc) is 2.47. The molecule has 1 atom stereocenters. The maximum Gasteiger partial charge on any atom is 0.127 e. The summed E-state index contributed by atoms with van der Waals surface area (Å²) in [6.07, 6.45) is 4.64. The largest absolute Gasteiger partial charge is 0.308 e. The van der Waals surface area contributed by atoms with Crippen LogP contribution in [-0.4, -0.2) is 16.5 Å². The highest BCUT2D eigenvalue weighted by molar-refractivity contribution is 6.31. The fourth-order valence-electron chi connectivity index (χ4n) is 2.04. The summed E-state index contributed by atoms with van der Waals surface area (Å²) in [7, 11) is 0. The molecule has 20 heavy (non-hydrogen) atoms. The molecule has 0 saturated carbocycles. The summed E-state index contributed by atoms with van der Waals surface area (Å²) in [5, 5.41) is 3.82. The van der Waals surface area contributed by atoms with Crippen molar-refractivity contribution in [3.8, 4) is 0 Å². The first kappa shape index (κ1) is 14.9. The first-order valence-electron chi connectivity index (χ1n) is 6.64. The SMILES string of the molecule is CCCNC(Cc1c(F)cccc1Cl)c1ccncn1. The molecule has 0 radical (unpaired) electrons. The lowest BCUT2D eigenvalue weighted by atomic mass is 10.0. The molecule has 1 heterocycles. The van der Waals surface area contributed by atoms with Crippen molar-refractivity contribution >= 4 is 11.6 Å². The summed E-state index contributed by atoms with van der Waals surface area (Å²) in [5.74, 6) is -0.283. The summed E-state index contributed by atoms with van der Waals surface area (Å²) in [5.41, 5.74) is 1.36. The zero-order chi connectivity index (χ0) is 14.4. The maximum atomic E-state index is 13.9. The van der Waals surface area contributed by atoms with Crippen molar-refractivity contribution in [3.63, 3.8) is 0 Å². The second-order valence-electron chi connectivity index (χ2n) is 4.55. The van der Waals surface area contributed by atoms with Crippen molar-refractivity contribution in [2.45, 2.75) is 25.8 Å². The molecule has 0 fully saturated rings. The molecule has 5 heteroatoms. The van der Waals surface area contributed by atoms with Gasteiger partial charge < -0.3 is 5.32 Å². The molecule has 0 amide bonds. The van der Waals surface area contributed by atoms with E-state index in [4.69, 9.17) is 11.6 Å². The van der Waals surface area contributed by atoms with E-state index in [0.29, 0.717) is 17.0 Å². The molecule has 0 aliphatic heterocycles. The zero-order valence-electron chi connectivity index (χ0n) is 11.3. The van der Waals surface area contributed by atoms with Crippen LogP contribution in [0.2, 0.25) is 5.02 Å². The zero-order valence-corrected chi connectivity index (χ0v) is 12.1. The van der Waals surface area contributed by atoms with Crippen LogP contribution in [0.1, 0.15) is 30.6 Å².